The molecule has 1 unspecified atom stereocenters. The first-order chi connectivity index (χ1) is 9.47. The maximum atomic E-state index is 3.49. The van der Waals surface area contributed by atoms with E-state index in [2.05, 4.69) is 81.5 Å². The summed E-state index contributed by atoms with van der Waals surface area (Å²) in [5, 5.41) is 3.49. The van der Waals surface area contributed by atoms with Crippen molar-refractivity contribution in [3.63, 3.8) is 0 Å². The zero-order valence-corrected chi connectivity index (χ0v) is 13.0. The Kier molecular flexibility index (Phi) is 4.49. The van der Waals surface area contributed by atoms with Gasteiger partial charge in [0.25, 0.3) is 0 Å². The number of rotatable bonds is 4. The Morgan fingerprint density at radius 3 is 2.05 bits per heavy atom. The van der Waals surface area contributed by atoms with Gasteiger partial charge in [-0.1, -0.05) is 70.2 Å². The van der Waals surface area contributed by atoms with Crippen LogP contribution in [0.4, 0.5) is 5.69 Å². The smallest absolute Gasteiger partial charge is 0.0340 e. The SMILES string of the molecule is CC(CNc1ccccc1)c1ccc(C(C)(C)C)cc1. The average molecular weight is 267 g/mol. The van der Waals surface area contributed by atoms with Crippen LogP contribution in [0, 0.1) is 0 Å². The Bertz CT molecular complexity index is 520. The van der Waals surface area contributed by atoms with Gasteiger partial charge in [0, 0.05) is 12.2 Å². The number of hydrogen-bond donors (Lipinski definition) is 1. The van der Waals surface area contributed by atoms with Gasteiger partial charge in [-0.25, -0.2) is 0 Å². The number of nitrogens with one attached hydrogen (secondary N) is 1. The fourth-order valence-corrected chi connectivity index (χ4v) is 2.26. The van der Waals surface area contributed by atoms with Crippen molar-refractivity contribution in [2.45, 2.75) is 39.0 Å². The minimum Gasteiger partial charge on any atom is -0.384 e. The predicted octanol–water partition coefficient (Wildman–Crippen LogP) is 5.20. The molecular weight excluding hydrogens is 242 g/mol. The Labute approximate surface area is 123 Å². The zero-order valence-electron chi connectivity index (χ0n) is 13.0. The normalized spacial score (nSPS) is 13.0. The molecule has 0 aliphatic carbocycles. The third-order valence-electron chi connectivity index (χ3n) is 3.73. The molecule has 0 saturated carbocycles. The van der Waals surface area contributed by atoms with Gasteiger partial charge < -0.3 is 5.32 Å². The summed E-state index contributed by atoms with van der Waals surface area (Å²) in [4.78, 5) is 0. The van der Waals surface area contributed by atoms with Gasteiger partial charge in [-0.05, 0) is 34.6 Å². The molecule has 0 spiro atoms. The van der Waals surface area contributed by atoms with E-state index in [1.54, 1.807) is 0 Å². The number of benzene rings is 2. The zero-order chi connectivity index (χ0) is 14.6. The second kappa shape index (κ2) is 6.13. The summed E-state index contributed by atoms with van der Waals surface area (Å²) in [7, 11) is 0. The van der Waals surface area contributed by atoms with Gasteiger partial charge in [0.05, 0.1) is 0 Å². The fraction of sp³-hybridized carbons (Fsp3) is 0.368. The van der Waals surface area contributed by atoms with Crippen LogP contribution in [0.2, 0.25) is 0 Å². The molecule has 0 fully saturated rings. The predicted molar refractivity (Wildman–Crippen MR) is 88.5 cm³/mol. The van der Waals surface area contributed by atoms with Crippen molar-refractivity contribution in [2.24, 2.45) is 0 Å². The van der Waals surface area contributed by atoms with E-state index in [-0.39, 0.29) is 5.41 Å². The van der Waals surface area contributed by atoms with E-state index in [4.69, 9.17) is 0 Å². The molecule has 0 heterocycles. The number of para-hydroxylation sites is 1. The van der Waals surface area contributed by atoms with E-state index in [1.807, 2.05) is 6.07 Å². The van der Waals surface area contributed by atoms with E-state index in [0.29, 0.717) is 5.92 Å². The van der Waals surface area contributed by atoms with Gasteiger partial charge in [-0.3, -0.25) is 0 Å². The topological polar surface area (TPSA) is 12.0 Å². The van der Waals surface area contributed by atoms with Crippen molar-refractivity contribution in [3.8, 4) is 0 Å². The summed E-state index contributed by atoms with van der Waals surface area (Å²) in [5.41, 5.74) is 4.20. The van der Waals surface area contributed by atoms with Gasteiger partial charge >= 0.3 is 0 Å². The second-order valence-corrected chi connectivity index (χ2v) is 6.52. The van der Waals surface area contributed by atoms with Gasteiger partial charge in [0.15, 0.2) is 0 Å². The Hall–Kier alpha value is -1.76. The van der Waals surface area contributed by atoms with E-state index < -0.39 is 0 Å². The van der Waals surface area contributed by atoms with Crippen LogP contribution < -0.4 is 5.32 Å². The molecule has 1 N–H and O–H groups in total. The molecule has 20 heavy (non-hydrogen) atoms. The first kappa shape index (κ1) is 14.6. The van der Waals surface area contributed by atoms with Gasteiger partial charge in [-0.2, -0.15) is 0 Å². The highest BCUT2D eigenvalue weighted by molar-refractivity contribution is 5.43. The summed E-state index contributed by atoms with van der Waals surface area (Å²) in [6.07, 6.45) is 0. The molecule has 106 valence electrons. The minimum atomic E-state index is 0.226. The summed E-state index contributed by atoms with van der Waals surface area (Å²) in [6, 6.07) is 19.4. The molecule has 0 aromatic heterocycles. The highest BCUT2D eigenvalue weighted by atomic mass is 14.9. The lowest BCUT2D eigenvalue weighted by atomic mass is 9.86. The monoisotopic (exact) mass is 267 g/mol. The molecule has 0 amide bonds. The van der Waals surface area contributed by atoms with Crippen LogP contribution in [0.15, 0.2) is 54.6 Å². The third kappa shape index (κ3) is 3.86. The number of anilines is 1. The van der Waals surface area contributed by atoms with Gasteiger partial charge in [-0.15, -0.1) is 0 Å². The lowest BCUT2D eigenvalue weighted by Crippen LogP contribution is -2.12. The Morgan fingerprint density at radius 2 is 1.50 bits per heavy atom. The molecule has 1 atom stereocenters. The minimum absolute atomic E-state index is 0.226. The van der Waals surface area contributed by atoms with Crippen molar-refractivity contribution < 1.29 is 0 Å². The molecule has 0 saturated heterocycles. The molecule has 2 aromatic carbocycles. The van der Waals surface area contributed by atoms with Crippen molar-refractivity contribution in [1.29, 1.82) is 0 Å². The van der Waals surface area contributed by atoms with Crippen LogP contribution in [-0.2, 0) is 5.41 Å². The molecule has 0 bridgehead atoms. The lowest BCUT2D eigenvalue weighted by molar-refractivity contribution is 0.589. The first-order valence-electron chi connectivity index (χ1n) is 7.36. The van der Waals surface area contributed by atoms with Gasteiger partial charge in [0.1, 0.15) is 0 Å². The average Bonchev–Trinajstić information content (AvgIpc) is 2.45. The van der Waals surface area contributed by atoms with E-state index in [9.17, 15) is 0 Å². The molecular formula is C19H25N. The first-order valence-corrected chi connectivity index (χ1v) is 7.36. The molecule has 1 heteroatoms. The van der Waals surface area contributed by atoms with E-state index in [1.165, 1.54) is 16.8 Å². The van der Waals surface area contributed by atoms with Crippen LogP contribution in [-0.4, -0.2) is 6.54 Å². The fourth-order valence-electron chi connectivity index (χ4n) is 2.26. The second-order valence-electron chi connectivity index (χ2n) is 6.52. The molecule has 0 aliphatic rings. The standard InChI is InChI=1S/C19H25N/c1-15(14-20-18-8-6-5-7-9-18)16-10-12-17(13-11-16)19(2,3)4/h5-13,15,20H,14H2,1-4H3. The summed E-state index contributed by atoms with van der Waals surface area (Å²) in [6.45, 7) is 9.98. The van der Waals surface area contributed by atoms with E-state index >= 15 is 0 Å². The van der Waals surface area contributed by atoms with Crippen molar-refractivity contribution in [2.75, 3.05) is 11.9 Å². The van der Waals surface area contributed by atoms with Crippen molar-refractivity contribution in [1.82, 2.24) is 0 Å². The summed E-state index contributed by atoms with van der Waals surface area (Å²) in [5.74, 6) is 0.504. The maximum absolute atomic E-state index is 3.49. The molecule has 0 aliphatic heterocycles. The van der Waals surface area contributed by atoms with Crippen molar-refractivity contribution >= 4 is 5.69 Å². The summed E-state index contributed by atoms with van der Waals surface area (Å²) >= 11 is 0. The van der Waals surface area contributed by atoms with Crippen LogP contribution in [0.3, 0.4) is 0 Å². The van der Waals surface area contributed by atoms with Crippen LogP contribution >= 0.6 is 0 Å². The largest absolute Gasteiger partial charge is 0.384 e. The van der Waals surface area contributed by atoms with Gasteiger partial charge in [0.2, 0.25) is 0 Å². The Morgan fingerprint density at radius 1 is 0.900 bits per heavy atom. The molecule has 1 nitrogen and oxygen atoms in total. The lowest BCUT2D eigenvalue weighted by Gasteiger charge is -2.20. The Balaban J connectivity index is 1.97. The highest BCUT2D eigenvalue weighted by Gasteiger charge is 2.13. The van der Waals surface area contributed by atoms with E-state index in [0.717, 1.165) is 6.54 Å². The highest BCUT2D eigenvalue weighted by Crippen LogP contribution is 2.24. The third-order valence-corrected chi connectivity index (χ3v) is 3.73. The quantitative estimate of drug-likeness (QED) is 0.803. The van der Waals surface area contributed by atoms with Crippen molar-refractivity contribution in [3.05, 3.63) is 65.7 Å². The number of hydrogen-bond acceptors (Lipinski definition) is 1. The summed E-state index contributed by atoms with van der Waals surface area (Å²) < 4.78 is 0. The molecule has 2 rings (SSSR count). The molecule has 0 radical (unpaired) electrons. The van der Waals surface area contributed by atoms with Crippen LogP contribution in [0.25, 0.3) is 0 Å². The maximum Gasteiger partial charge on any atom is 0.0340 e. The molecule has 2 aromatic rings. The van der Waals surface area contributed by atoms with Crippen LogP contribution in [0.5, 0.6) is 0 Å². The van der Waals surface area contributed by atoms with Crippen LogP contribution in [0.1, 0.15) is 44.7 Å².